The molecule has 2 aromatic heterocycles. The summed E-state index contributed by atoms with van der Waals surface area (Å²) >= 11 is 9.53. The Morgan fingerprint density at radius 1 is 0.909 bits per heavy atom. The summed E-state index contributed by atoms with van der Waals surface area (Å²) in [5, 5.41) is 4.28. The van der Waals surface area contributed by atoms with Gasteiger partial charge in [0.15, 0.2) is 5.11 Å². The molecular weight excluding hydrogens is 492 g/mol. The van der Waals surface area contributed by atoms with Crippen molar-refractivity contribution >= 4 is 38.9 Å². The van der Waals surface area contributed by atoms with Gasteiger partial charge in [0.1, 0.15) is 0 Å². The van der Waals surface area contributed by atoms with Crippen molar-refractivity contribution in [2.24, 2.45) is 0 Å². The van der Waals surface area contributed by atoms with Crippen LogP contribution in [0.25, 0.3) is 5.69 Å². The van der Waals surface area contributed by atoms with E-state index in [0.29, 0.717) is 5.11 Å². The van der Waals surface area contributed by atoms with Crippen LogP contribution < -0.4 is 10.2 Å². The zero-order valence-electron chi connectivity index (χ0n) is 18.8. The average molecular weight is 517 g/mol. The number of thiocarbonyl (C=S) groups is 1. The highest BCUT2D eigenvalue weighted by Gasteiger charge is 2.42. The first kappa shape index (κ1) is 21.9. The van der Waals surface area contributed by atoms with E-state index in [1.54, 1.807) is 0 Å². The van der Waals surface area contributed by atoms with Crippen LogP contribution in [-0.4, -0.2) is 14.7 Å². The van der Waals surface area contributed by atoms with Gasteiger partial charge in [0.25, 0.3) is 0 Å². The standard InChI is InChI=1S/C27H25BrN4S/c1-17-15-21(12-13-23(17)28)32-26(25(30-27(32)33)24-11-7-8-14-29-24)22-16-18(2)31(19(22)3)20-9-5-4-6-10-20/h4-16,25-26H,1-3H3,(H,30,33). The summed E-state index contributed by atoms with van der Waals surface area (Å²) in [6.07, 6.45) is 1.84. The molecule has 2 unspecified atom stereocenters. The fourth-order valence-corrected chi connectivity index (χ4v) is 5.38. The molecule has 166 valence electrons. The first-order valence-electron chi connectivity index (χ1n) is 11.0. The fourth-order valence-electron chi connectivity index (χ4n) is 4.79. The summed E-state index contributed by atoms with van der Waals surface area (Å²) in [5.74, 6) is 0. The smallest absolute Gasteiger partial charge is 0.174 e. The van der Waals surface area contributed by atoms with Crippen molar-refractivity contribution in [1.82, 2.24) is 14.9 Å². The van der Waals surface area contributed by atoms with Crippen molar-refractivity contribution < 1.29 is 0 Å². The van der Waals surface area contributed by atoms with Crippen LogP contribution in [0.4, 0.5) is 5.69 Å². The first-order valence-corrected chi connectivity index (χ1v) is 12.2. The second-order valence-electron chi connectivity index (χ2n) is 8.43. The highest BCUT2D eigenvalue weighted by atomic mass is 79.9. The minimum Gasteiger partial charge on any atom is -0.351 e. The molecule has 5 rings (SSSR count). The normalized spacial score (nSPS) is 17.9. The van der Waals surface area contributed by atoms with Gasteiger partial charge in [-0.2, -0.15) is 0 Å². The molecule has 4 nitrogen and oxygen atoms in total. The summed E-state index contributed by atoms with van der Waals surface area (Å²) in [6.45, 7) is 6.46. The summed E-state index contributed by atoms with van der Waals surface area (Å²) in [6, 6.07) is 25.1. The predicted octanol–water partition coefficient (Wildman–Crippen LogP) is 6.74. The van der Waals surface area contributed by atoms with E-state index in [9.17, 15) is 0 Å². The van der Waals surface area contributed by atoms with E-state index in [1.807, 2.05) is 24.4 Å². The minimum absolute atomic E-state index is 0.0309. The third kappa shape index (κ3) is 3.87. The molecule has 0 spiro atoms. The van der Waals surface area contributed by atoms with Gasteiger partial charge in [-0.25, -0.2) is 0 Å². The van der Waals surface area contributed by atoms with Gasteiger partial charge in [0.05, 0.1) is 17.8 Å². The van der Waals surface area contributed by atoms with Crippen molar-refractivity contribution in [3.8, 4) is 5.69 Å². The van der Waals surface area contributed by atoms with Crippen molar-refractivity contribution in [3.63, 3.8) is 0 Å². The highest BCUT2D eigenvalue weighted by molar-refractivity contribution is 9.10. The molecule has 1 N–H and O–H groups in total. The third-order valence-corrected chi connectivity index (χ3v) is 7.53. The highest BCUT2D eigenvalue weighted by Crippen LogP contribution is 2.44. The number of rotatable bonds is 4. The maximum absolute atomic E-state index is 5.90. The molecule has 6 heteroatoms. The molecule has 0 bridgehead atoms. The summed E-state index contributed by atoms with van der Waals surface area (Å²) < 4.78 is 3.40. The number of aryl methyl sites for hydroxylation is 2. The van der Waals surface area contributed by atoms with Crippen molar-refractivity contribution in [3.05, 3.63) is 112 Å². The number of halogens is 1. The van der Waals surface area contributed by atoms with Gasteiger partial charge in [-0.1, -0.05) is 40.2 Å². The molecule has 33 heavy (non-hydrogen) atoms. The van der Waals surface area contributed by atoms with Crippen LogP contribution >= 0.6 is 28.1 Å². The van der Waals surface area contributed by atoms with E-state index in [2.05, 4.69) is 111 Å². The van der Waals surface area contributed by atoms with Crippen LogP contribution in [0.3, 0.4) is 0 Å². The largest absolute Gasteiger partial charge is 0.351 e. The van der Waals surface area contributed by atoms with E-state index in [4.69, 9.17) is 12.2 Å². The molecule has 1 saturated heterocycles. The summed E-state index contributed by atoms with van der Waals surface area (Å²) in [5.41, 5.74) is 8.01. The number of nitrogens with zero attached hydrogens (tertiary/aromatic N) is 3. The van der Waals surface area contributed by atoms with Crippen molar-refractivity contribution in [1.29, 1.82) is 0 Å². The van der Waals surface area contributed by atoms with Gasteiger partial charge in [-0.05, 0) is 92.6 Å². The average Bonchev–Trinajstić information content (AvgIpc) is 3.32. The number of benzene rings is 2. The molecule has 0 radical (unpaired) electrons. The van der Waals surface area contributed by atoms with Crippen LogP contribution in [0.15, 0.2) is 83.5 Å². The minimum atomic E-state index is -0.0626. The molecule has 1 aliphatic heterocycles. The number of anilines is 1. The van der Waals surface area contributed by atoms with E-state index >= 15 is 0 Å². The maximum atomic E-state index is 5.90. The molecular formula is C27H25BrN4S. The fraction of sp³-hybridized carbons (Fsp3) is 0.185. The second kappa shape index (κ2) is 8.76. The molecule has 0 amide bonds. The van der Waals surface area contributed by atoms with Gasteiger partial charge >= 0.3 is 0 Å². The van der Waals surface area contributed by atoms with E-state index in [0.717, 1.165) is 21.5 Å². The molecule has 2 aromatic carbocycles. The Kier molecular flexibility index (Phi) is 5.81. The zero-order valence-corrected chi connectivity index (χ0v) is 21.2. The molecule has 1 fully saturated rings. The summed E-state index contributed by atoms with van der Waals surface area (Å²) in [7, 11) is 0. The van der Waals surface area contributed by atoms with Crippen LogP contribution in [0, 0.1) is 20.8 Å². The molecule has 1 aliphatic rings. The van der Waals surface area contributed by atoms with Gasteiger partial charge < -0.3 is 14.8 Å². The van der Waals surface area contributed by atoms with Gasteiger partial charge in [-0.3, -0.25) is 4.98 Å². The Balaban J connectivity index is 1.69. The molecule has 3 heterocycles. The Morgan fingerprint density at radius 3 is 2.36 bits per heavy atom. The Hall–Kier alpha value is -2.96. The maximum Gasteiger partial charge on any atom is 0.174 e. The zero-order chi connectivity index (χ0) is 23.1. The van der Waals surface area contributed by atoms with Crippen molar-refractivity contribution in [2.75, 3.05) is 4.90 Å². The first-order chi connectivity index (χ1) is 16.0. The monoisotopic (exact) mass is 516 g/mol. The number of nitrogens with one attached hydrogen (secondary N) is 1. The molecule has 2 atom stereocenters. The van der Waals surface area contributed by atoms with Crippen LogP contribution in [0.2, 0.25) is 0 Å². The number of aromatic nitrogens is 2. The Bertz CT molecular complexity index is 1320. The number of hydrogen-bond donors (Lipinski definition) is 1. The Labute approximate surface area is 208 Å². The second-order valence-corrected chi connectivity index (χ2v) is 9.67. The lowest BCUT2D eigenvalue weighted by Gasteiger charge is -2.28. The lowest BCUT2D eigenvalue weighted by molar-refractivity contribution is 0.565. The topological polar surface area (TPSA) is 33.1 Å². The lowest BCUT2D eigenvalue weighted by atomic mass is 9.96. The van der Waals surface area contributed by atoms with Gasteiger partial charge in [-0.15, -0.1) is 0 Å². The van der Waals surface area contributed by atoms with Crippen LogP contribution in [0.1, 0.15) is 40.3 Å². The van der Waals surface area contributed by atoms with E-state index in [-0.39, 0.29) is 12.1 Å². The third-order valence-electron chi connectivity index (χ3n) is 6.32. The summed E-state index contributed by atoms with van der Waals surface area (Å²) in [4.78, 5) is 6.93. The number of para-hydroxylation sites is 1. The van der Waals surface area contributed by atoms with Gasteiger partial charge in [0.2, 0.25) is 0 Å². The quantitative estimate of drug-likeness (QED) is 0.304. The molecule has 0 aliphatic carbocycles. The Morgan fingerprint density at radius 2 is 1.67 bits per heavy atom. The van der Waals surface area contributed by atoms with E-state index in [1.165, 1.54) is 22.5 Å². The lowest BCUT2D eigenvalue weighted by Crippen LogP contribution is -2.29. The predicted molar refractivity (Wildman–Crippen MR) is 142 cm³/mol. The van der Waals surface area contributed by atoms with Crippen molar-refractivity contribution in [2.45, 2.75) is 32.9 Å². The van der Waals surface area contributed by atoms with E-state index < -0.39 is 0 Å². The van der Waals surface area contributed by atoms with Crippen LogP contribution in [0.5, 0.6) is 0 Å². The number of pyridine rings is 1. The molecule has 0 saturated carbocycles. The molecule has 4 aromatic rings. The van der Waals surface area contributed by atoms with Gasteiger partial charge in [0, 0.05) is 33.4 Å². The van der Waals surface area contributed by atoms with Crippen LogP contribution in [-0.2, 0) is 0 Å². The SMILES string of the molecule is Cc1cc(N2C(=S)NC(c3ccccn3)C2c2cc(C)n(-c3ccccc3)c2C)ccc1Br. The number of hydrogen-bond acceptors (Lipinski definition) is 2.